The zero-order chi connectivity index (χ0) is 10.4. The van der Waals surface area contributed by atoms with Gasteiger partial charge in [0.15, 0.2) is 0 Å². The molecule has 0 aliphatic rings. The summed E-state index contributed by atoms with van der Waals surface area (Å²) in [5, 5.41) is 0. The Morgan fingerprint density at radius 1 is 1.50 bits per heavy atom. The normalized spacial score (nSPS) is 10.8. The van der Waals surface area contributed by atoms with E-state index in [-0.39, 0.29) is 0 Å². The van der Waals surface area contributed by atoms with Crippen LogP contribution in [0.1, 0.15) is 25.6 Å². The summed E-state index contributed by atoms with van der Waals surface area (Å²) in [4.78, 5) is 0. The van der Waals surface area contributed by atoms with Gasteiger partial charge < -0.3 is 4.74 Å². The van der Waals surface area contributed by atoms with Gasteiger partial charge in [0.1, 0.15) is 18.9 Å². The van der Waals surface area contributed by atoms with Gasteiger partial charge in [-0.2, -0.15) is 0 Å². The molecule has 0 saturated carbocycles. The van der Waals surface area contributed by atoms with Gasteiger partial charge in [0.25, 0.3) is 5.82 Å². The summed E-state index contributed by atoms with van der Waals surface area (Å²) in [5.74, 6) is 1.32. The number of hydrogen-bond donors (Lipinski definition) is 0. The first-order valence-electron chi connectivity index (χ1n) is 5.33. The van der Waals surface area contributed by atoms with Crippen molar-refractivity contribution in [2.75, 3.05) is 13.7 Å². The maximum atomic E-state index is 5.06. The molecule has 0 aromatic carbocycles. The van der Waals surface area contributed by atoms with E-state index in [2.05, 4.69) is 35.4 Å². The Morgan fingerprint density at radius 3 is 2.93 bits per heavy atom. The van der Waals surface area contributed by atoms with E-state index in [1.807, 2.05) is 0 Å². The standard InChI is InChI=1S/C11H21N2O/c1-4-5-6-12-7-8-13(11(12)2)9-10-14-3/h7-8H,4-6,9-10H2,1-3H3/q+1. The molecule has 0 radical (unpaired) electrons. The summed E-state index contributed by atoms with van der Waals surface area (Å²) in [6.45, 7) is 7.23. The Kier molecular flexibility index (Phi) is 4.66. The van der Waals surface area contributed by atoms with Crippen molar-refractivity contribution in [3.8, 4) is 0 Å². The number of nitrogens with zero attached hydrogens (tertiary/aromatic N) is 2. The summed E-state index contributed by atoms with van der Waals surface area (Å²) in [5.41, 5.74) is 0. The van der Waals surface area contributed by atoms with Gasteiger partial charge in [-0.15, -0.1) is 0 Å². The Bertz CT molecular complexity index is 243. The monoisotopic (exact) mass is 197 g/mol. The molecule has 0 fully saturated rings. The third kappa shape index (κ3) is 2.84. The third-order valence-electron chi connectivity index (χ3n) is 2.55. The summed E-state index contributed by atoms with van der Waals surface area (Å²) in [6.07, 6.45) is 6.78. The molecular weight excluding hydrogens is 176 g/mol. The van der Waals surface area contributed by atoms with E-state index in [0.29, 0.717) is 0 Å². The van der Waals surface area contributed by atoms with Crippen LogP contribution in [0.5, 0.6) is 0 Å². The maximum Gasteiger partial charge on any atom is 0.253 e. The second kappa shape index (κ2) is 5.81. The highest BCUT2D eigenvalue weighted by atomic mass is 16.5. The Balaban J connectivity index is 2.55. The summed E-state index contributed by atoms with van der Waals surface area (Å²) >= 11 is 0. The largest absolute Gasteiger partial charge is 0.381 e. The Hall–Kier alpha value is -0.830. The van der Waals surface area contributed by atoms with E-state index in [0.717, 1.165) is 19.7 Å². The van der Waals surface area contributed by atoms with Gasteiger partial charge in [-0.3, -0.25) is 0 Å². The van der Waals surface area contributed by atoms with Crippen LogP contribution in [0, 0.1) is 6.92 Å². The highest BCUT2D eigenvalue weighted by Crippen LogP contribution is 1.95. The van der Waals surface area contributed by atoms with Gasteiger partial charge in [0.2, 0.25) is 0 Å². The minimum atomic E-state index is 0.781. The van der Waals surface area contributed by atoms with Crippen molar-refractivity contribution in [3.05, 3.63) is 18.2 Å². The second-order valence-corrected chi connectivity index (χ2v) is 3.58. The lowest BCUT2D eigenvalue weighted by atomic mass is 10.3. The Morgan fingerprint density at radius 2 is 2.29 bits per heavy atom. The molecule has 1 aromatic rings. The highest BCUT2D eigenvalue weighted by Gasteiger charge is 2.10. The van der Waals surface area contributed by atoms with Gasteiger partial charge in [0.05, 0.1) is 13.2 Å². The molecule has 0 atom stereocenters. The van der Waals surface area contributed by atoms with E-state index >= 15 is 0 Å². The number of aromatic nitrogens is 2. The van der Waals surface area contributed by atoms with Gasteiger partial charge in [0, 0.05) is 14.0 Å². The van der Waals surface area contributed by atoms with Crippen LogP contribution >= 0.6 is 0 Å². The van der Waals surface area contributed by atoms with Crippen molar-refractivity contribution in [1.82, 2.24) is 4.57 Å². The van der Waals surface area contributed by atoms with Crippen molar-refractivity contribution < 1.29 is 9.30 Å². The minimum Gasteiger partial charge on any atom is -0.381 e. The number of aryl methyl sites for hydroxylation is 1. The van der Waals surface area contributed by atoms with Gasteiger partial charge in [-0.25, -0.2) is 9.13 Å². The number of ether oxygens (including phenoxy) is 1. The van der Waals surface area contributed by atoms with Crippen molar-refractivity contribution in [2.24, 2.45) is 0 Å². The molecule has 0 unspecified atom stereocenters. The zero-order valence-corrected chi connectivity index (χ0v) is 9.49. The number of methoxy groups -OCH3 is 1. The van der Waals surface area contributed by atoms with Crippen LogP contribution in [0.2, 0.25) is 0 Å². The molecule has 1 aromatic heterocycles. The first-order chi connectivity index (χ1) is 6.79. The van der Waals surface area contributed by atoms with Crippen LogP contribution in [0.4, 0.5) is 0 Å². The molecule has 0 aliphatic heterocycles. The van der Waals surface area contributed by atoms with Crippen LogP contribution in [0.25, 0.3) is 0 Å². The molecule has 3 nitrogen and oxygen atoms in total. The summed E-state index contributed by atoms with van der Waals surface area (Å²) in [7, 11) is 1.74. The highest BCUT2D eigenvalue weighted by molar-refractivity contribution is 4.79. The van der Waals surface area contributed by atoms with Crippen LogP contribution < -0.4 is 4.57 Å². The molecule has 0 spiro atoms. The van der Waals surface area contributed by atoms with E-state index < -0.39 is 0 Å². The average molecular weight is 197 g/mol. The Labute approximate surface area is 86.3 Å². The molecule has 0 aliphatic carbocycles. The first kappa shape index (κ1) is 11.2. The van der Waals surface area contributed by atoms with E-state index in [9.17, 15) is 0 Å². The smallest absolute Gasteiger partial charge is 0.253 e. The minimum absolute atomic E-state index is 0.781. The van der Waals surface area contributed by atoms with Crippen LogP contribution in [-0.4, -0.2) is 18.3 Å². The number of hydrogen-bond acceptors (Lipinski definition) is 1. The number of unbranched alkanes of at least 4 members (excludes halogenated alkanes) is 1. The van der Waals surface area contributed by atoms with Gasteiger partial charge in [-0.05, 0) is 6.42 Å². The SMILES string of the molecule is CCCC[n+]1ccn(CCOC)c1C. The predicted octanol–water partition coefficient (Wildman–Crippen LogP) is 1.53. The van der Waals surface area contributed by atoms with Crippen molar-refractivity contribution >= 4 is 0 Å². The lowest BCUT2D eigenvalue weighted by Gasteiger charge is -1.99. The molecule has 1 rings (SSSR count). The first-order valence-corrected chi connectivity index (χ1v) is 5.33. The summed E-state index contributed by atoms with van der Waals surface area (Å²) < 4.78 is 9.60. The second-order valence-electron chi connectivity index (χ2n) is 3.58. The fraction of sp³-hybridized carbons (Fsp3) is 0.727. The van der Waals surface area contributed by atoms with E-state index in [4.69, 9.17) is 4.74 Å². The molecule has 0 bridgehead atoms. The van der Waals surface area contributed by atoms with E-state index in [1.165, 1.54) is 18.7 Å². The van der Waals surface area contributed by atoms with Crippen LogP contribution in [-0.2, 0) is 17.8 Å². The molecular formula is C11H21N2O+. The van der Waals surface area contributed by atoms with Crippen LogP contribution in [0.3, 0.4) is 0 Å². The van der Waals surface area contributed by atoms with Crippen molar-refractivity contribution in [1.29, 1.82) is 0 Å². The lowest BCUT2D eigenvalue weighted by Crippen LogP contribution is -2.35. The van der Waals surface area contributed by atoms with Crippen LogP contribution in [0.15, 0.2) is 12.4 Å². The molecule has 14 heavy (non-hydrogen) atoms. The zero-order valence-electron chi connectivity index (χ0n) is 9.49. The molecule has 1 heterocycles. The molecule has 3 heteroatoms. The fourth-order valence-corrected chi connectivity index (χ4v) is 1.53. The number of imidazole rings is 1. The number of rotatable bonds is 6. The molecule has 80 valence electrons. The van der Waals surface area contributed by atoms with Crippen molar-refractivity contribution in [2.45, 2.75) is 39.8 Å². The fourth-order valence-electron chi connectivity index (χ4n) is 1.53. The molecule has 0 amide bonds. The average Bonchev–Trinajstić information content (AvgIpc) is 2.54. The topological polar surface area (TPSA) is 18.0 Å². The summed E-state index contributed by atoms with van der Waals surface area (Å²) in [6, 6.07) is 0. The quantitative estimate of drug-likeness (QED) is 0.632. The lowest BCUT2D eigenvalue weighted by molar-refractivity contribution is -0.702. The van der Waals surface area contributed by atoms with Gasteiger partial charge in [-0.1, -0.05) is 13.3 Å². The van der Waals surface area contributed by atoms with Gasteiger partial charge >= 0.3 is 0 Å². The van der Waals surface area contributed by atoms with E-state index in [1.54, 1.807) is 7.11 Å². The maximum absolute atomic E-state index is 5.06. The predicted molar refractivity (Wildman–Crippen MR) is 56.1 cm³/mol. The third-order valence-corrected chi connectivity index (χ3v) is 2.55. The molecule has 0 saturated heterocycles. The molecule has 0 N–H and O–H groups in total. The van der Waals surface area contributed by atoms with Crippen molar-refractivity contribution in [3.63, 3.8) is 0 Å².